The number of rotatable bonds is 5. The number of para-hydroxylation sites is 2. The smallest absolute Gasteiger partial charge is 0.0998 e. The largest absolute Gasteiger partial charge is 0.309 e. The molecule has 0 N–H and O–H groups in total. The molecule has 0 amide bonds. The average Bonchev–Trinajstić information content (AvgIpc) is 3.75. The summed E-state index contributed by atoms with van der Waals surface area (Å²) in [6.45, 7) is 0. The van der Waals surface area contributed by atoms with Crippen molar-refractivity contribution in [1.82, 2.24) is 9.13 Å². The van der Waals surface area contributed by atoms with Crippen molar-refractivity contribution >= 4 is 43.6 Å². The van der Waals surface area contributed by atoms with Crippen LogP contribution >= 0.6 is 0 Å². The first-order valence-corrected chi connectivity index (χ1v) is 18.0. The zero-order chi connectivity index (χ0) is 36.2. The van der Waals surface area contributed by atoms with Crippen molar-refractivity contribution in [3.05, 3.63) is 193 Å². The van der Waals surface area contributed by atoms with Crippen molar-refractivity contribution in [2.24, 2.45) is 0 Å². The first kappa shape index (κ1) is 31.1. The Labute approximate surface area is 312 Å². The fourth-order valence-electron chi connectivity index (χ4n) is 8.10. The van der Waals surface area contributed by atoms with Crippen LogP contribution in [-0.2, 0) is 0 Å². The average molecular weight is 687 g/mol. The maximum atomic E-state index is 10.5. The van der Waals surface area contributed by atoms with Gasteiger partial charge in [-0.25, -0.2) is 0 Å². The predicted molar refractivity (Wildman–Crippen MR) is 221 cm³/mol. The van der Waals surface area contributed by atoms with Gasteiger partial charge in [0.2, 0.25) is 0 Å². The summed E-state index contributed by atoms with van der Waals surface area (Å²) in [5.74, 6) is 0. The molecule has 8 aromatic carbocycles. The van der Waals surface area contributed by atoms with E-state index in [1.165, 1.54) is 0 Å². The highest BCUT2D eigenvalue weighted by molar-refractivity contribution is 6.15. The van der Waals surface area contributed by atoms with E-state index in [4.69, 9.17) is 0 Å². The molecule has 0 atom stereocenters. The summed E-state index contributed by atoms with van der Waals surface area (Å²) < 4.78 is 4.67. The van der Waals surface area contributed by atoms with Gasteiger partial charge in [-0.15, -0.1) is 0 Å². The third-order valence-corrected chi connectivity index (χ3v) is 10.6. The molecule has 0 fully saturated rings. The van der Waals surface area contributed by atoms with Gasteiger partial charge in [0, 0.05) is 38.4 Å². The van der Waals surface area contributed by atoms with Gasteiger partial charge in [0.1, 0.15) is 0 Å². The Morgan fingerprint density at radius 1 is 0.352 bits per heavy atom. The zero-order valence-electron chi connectivity index (χ0n) is 29.1. The van der Waals surface area contributed by atoms with E-state index in [-0.39, 0.29) is 0 Å². The number of aromatic nitrogens is 2. The molecule has 2 aromatic heterocycles. The van der Waals surface area contributed by atoms with Crippen molar-refractivity contribution in [2.75, 3.05) is 0 Å². The molecule has 0 aliphatic carbocycles. The van der Waals surface area contributed by atoms with E-state index in [9.17, 15) is 10.5 Å². The van der Waals surface area contributed by atoms with Crippen LogP contribution < -0.4 is 0 Å². The van der Waals surface area contributed by atoms with Gasteiger partial charge >= 0.3 is 0 Å². The molecule has 54 heavy (non-hydrogen) atoms. The van der Waals surface area contributed by atoms with Crippen LogP contribution in [0, 0.1) is 22.7 Å². The molecule has 0 bridgehead atoms. The first-order chi connectivity index (χ1) is 26.7. The highest BCUT2D eigenvalue weighted by Crippen LogP contribution is 2.44. The van der Waals surface area contributed by atoms with Gasteiger partial charge in [0.25, 0.3) is 0 Å². The lowest BCUT2D eigenvalue weighted by molar-refractivity contribution is 1.15. The first-order valence-electron chi connectivity index (χ1n) is 18.0. The van der Waals surface area contributed by atoms with Crippen LogP contribution in [0.15, 0.2) is 182 Å². The van der Waals surface area contributed by atoms with E-state index in [1.807, 2.05) is 24.3 Å². The summed E-state index contributed by atoms with van der Waals surface area (Å²) in [4.78, 5) is 0. The van der Waals surface area contributed by atoms with Gasteiger partial charge in [-0.3, -0.25) is 0 Å². The monoisotopic (exact) mass is 686 g/mol. The van der Waals surface area contributed by atoms with E-state index in [0.717, 1.165) is 88.4 Å². The summed E-state index contributed by atoms with van der Waals surface area (Å²) in [5.41, 5.74) is 13.4. The molecule has 2 heterocycles. The van der Waals surface area contributed by atoms with Crippen LogP contribution in [0.25, 0.3) is 88.4 Å². The minimum absolute atomic E-state index is 0.504. The predicted octanol–water partition coefficient (Wildman–Crippen LogP) is 12.6. The zero-order valence-corrected chi connectivity index (χ0v) is 29.1. The van der Waals surface area contributed by atoms with Gasteiger partial charge in [-0.1, -0.05) is 109 Å². The van der Waals surface area contributed by atoms with Crippen molar-refractivity contribution in [1.29, 1.82) is 10.5 Å². The SMILES string of the molecule is N#Cc1ccc(C#N)c(-c2cc3c4ccccc4n(-c4ccccc4)c3cc2-n2c3ccc(-c4ccccc4)cc3c3cc(-c4ccccc4)ccc32)c1. The Hall–Kier alpha value is -7.66. The van der Waals surface area contributed by atoms with Crippen LogP contribution in [0.5, 0.6) is 0 Å². The lowest BCUT2D eigenvalue weighted by atomic mass is 9.94. The number of benzene rings is 8. The second-order valence-corrected chi connectivity index (χ2v) is 13.6. The minimum atomic E-state index is 0.504. The molecular weight excluding hydrogens is 657 g/mol. The number of nitriles is 2. The molecule has 0 unspecified atom stereocenters. The van der Waals surface area contributed by atoms with E-state index < -0.39 is 0 Å². The molecule has 0 saturated carbocycles. The molecule has 0 saturated heterocycles. The fraction of sp³-hybridized carbons (Fsp3) is 0. The number of hydrogen-bond acceptors (Lipinski definition) is 2. The van der Waals surface area contributed by atoms with E-state index in [1.54, 1.807) is 12.1 Å². The van der Waals surface area contributed by atoms with Crippen LogP contribution in [0.1, 0.15) is 11.1 Å². The Morgan fingerprint density at radius 3 is 1.52 bits per heavy atom. The summed E-state index contributed by atoms with van der Waals surface area (Å²) in [6, 6.07) is 67.9. The highest BCUT2D eigenvalue weighted by Gasteiger charge is 2.23. The van der Waals surface area contributed by atoms with E-state index in [0.29, 0.717) is 11.1 Å². The normalized spacial score (nSPS) is 11.3. The van der Waals surface area contributed by atoms with Crippen molar-refractivity contribution < 1.29 is 0 Å². The van der Waals surface area contributed by atoms with E-state index >= 15 is 0 Å². The number of hydrogen-bond donors (Lipinski definition) is 0. The lowest BCUT2D eigenvalue weighted by Crippen LogP contribution is -2.01. The third kappa shape index (κ3) is 4.90. The minimum Gasteiger partial charge on any atom is -0.309 e. The van der Waals surface area contributed by atoms with E-state index in [2.05, 4.69) is 167 Å². The van der Waals surface area contributed by atoms with Gasteiger partial charge in [-0.2, -0.15) is 10.5 Å². The second kappa shape index (κ2) is 12.5. The van der Waals surface area contributed by atoms with Crippen LogP contribution in [0.2, 0.25) is 0 Å². The maximum absolute atomic E-state index is 10.5. The van der Waals surface area contributed by atoms with Gasteiger partial charge in [0.15, 0.2) is 0 Å². The van der Waals surface area contributed by atoms with Crippen molar-refractivity contribution in [2.45, 2.75) is 0 Å². The van der Waals surface area contributed by atoms with Crippen LogP contribution in [0.3, 0.4) is 0 Å². The molecule has 0 spiro atoms. The molecule has 0 aliphatic heterocycles. The van der Waals surface area contributed by atoms with Gasteiger partial charge < -0.3 is 9.13 Å². The second-order valence-electron chi connectivity index (χ2n) is 13.6. The topological polar surface area (TPSA) is 57.4 Å². The van der Waals surface area contributed by atoms with Crippen LogP contribution in [0.4, 0.5) is 0 Å². The Balaban J connectivity index is 1.37. The van der Waals surface area contributed by atoms with Crippen LogP contribution in [-0.4, -0.2) is 9.13 Å². The Morgan fingerprint density at radius 2 is 0.907 bits per heavy atom. The molecule has 10 aromatic rings. The highest BCUT2D eigenvalue weighted by atomic mass is 15.0. The van der Waals surface area contributed by atoms with Gasteiger partial charge in [0.05, 0.1) is 51.0 Å². The van der Waals surface area contributed by atoms with Crippen molar-refractivity contribution in [3.63, 3.8) is 0 Å². The fourth-order valence-corrected chi connectivity index (χ4v) is 8.10. The maximum Gasteiger partial charge on any atom is 0.0998 e. The summed E-state index contributed by atoms with van der Waals surface area (Å²) in [7, 11) is 0. The third-order valence-electron chi connectivity index (χ3n) is 10.6. The Bertz CT molecular complexity index is 3060. The number of nitrogens with zero attached hydrogens (tertiary/aromatic N) is 4. The molecule has 4 nitrogen and oxygen atoms in total. The quantitative estimate of drug-likeness (QED) is 0.181. The summed E-state index contributed by atoms with van der Waals surface area (Å²) in [5, 5.41) is 25.0. The standard InChI is InChI=1S/C50H30N4/c51-31-33-20-21-38(32-52)41(26-33)45-29-44-40-18-10-11-19-46(40)53(39-16-8-3-9-17-39)49(44)30-50(45)54-47-24-22-36(34-12-4-1-5-13-34)27-42(47)43-28-37(23-25-48(43)54)35-14-6-2-7-15-35/h1-30H. The Kier molecular flexibility index (Phi) is 7.22. The molecule has 250 valence electrons. The molecule has 4 heteroatoms. The molecule has 10 rings (SSSR count). The summed E-state index contributed by atoms with van der Waals surface area (Å²) in [6.07, 6.45) is 0. The molecule has 0 aliphatic rings. The van der Waals surface area contributed by atoms with Crippen molar-refractivity contribution in [3.8, 4) is 56.9 Å². The molecule has 0 radical (unpaired) electrons. The molecular formula is C50H30N4. The number of fused-ring (bicyclic) bond motifs is 6. The lowest BCUT2D eigenvalue weighted by Gasteiger charge is -2.17. The van der Waals surface area contributed by atoms with Gasteiger partial charge in [-0.05, 0) is 95.1 Å². The summed E-state index contributed by atoms with van der Waals surface area (Å²) >= 11 is 0.